The van der Waals surface area contributed by atoms with Crippen LogP contribution in [-0.4, -0.2) is 4.98 Å². The van der Waals surface area contributed by atoms with Crippen molar-refractivity contribution in [1.29, 1.82) is 0 Å². The van der Waals surface area contributed by atoms with Gasteiger partial charge in [0.15, 0.2) is 0 Å². The Bertz CT molecular complexity index is 517. The van der Waals surface area contributed by atoms with Crippen molar-refractivity contribution >= 4 is 11.6 Å². The van der Waals surface area contributed by atoms with Crippen molar-refractivity contribution in [3.05, 3.63) is 40.7 Å². The smallest absolute Gasteiger partial charge is 0.226 e. The average molecular weight is 250 g/mol. The zero-order valence-corrected chi connectivity index (χ0v) is 11.1. The number of oxazole rings is 1. The molecule has 0 aliphatic rings. The second-order valence-electron chi connectivity index (χ2n) is 4.63. The summed E-state index contributed by atoms with van der Waals surface area (Å²) in [5, 5.41) is 0.698. The van der Waals surface area contributed by atoms with E-state index in [-0.39, 0.29) is 0 Å². The van der Waals surface area contributed by atoms with Crippen LogP contribution in [0.2, 0.25) is 5.02 Å². The quantitative estimate of drug-likeness (QED) is 0.800. The van der Waals surface area contributed by atoms with Gasteiger partial charge in [-0.05, 0) is 37.5 Å². The van der Waals surface area contributed by atoms with Gasteiger partial charge >= 0.3 is 0 Å². The fraction of sp³-hybridized carbons (Fsp3) is 0.357. The lowest BCUT2D eigenvalue weighted by atomic mass is 10.1. The van der Waals surface area contributed by atoms with Crippen molar-refractivity contribution in [2.75, 3.05) is 0 Å². The Labute approximate surface area is 107 Å². The van der Waals surface area contributed by atoms with Crippen LogP contribution < -0.4 is 0 Å². The molecule has 0 aliphatic heterocycles. The fourth-order valence-corrected chi connectivity index (χ4v) is 1.94. The molecule has 1 aromatic carbocycles. The minimum atomic E-state index is 0.575. The fourth-order valence-electron chi connectivity index (χ4n) is 1.75. The number of aryl methyl sites for hydroxylation is 1. The van der Waals surface area contributed by atoms with Crippen LogP contribution in [0, 0.1) is 12.8 Å². The first-order valence-electron chi connectivity index (χ1n) is 5.78. The van der Waals surface area contributed by atoms with Crippen molar-refractivity contribution in [1.82, 2.24) is 4.98 Å². The molecule has 0 spiro atoms. The van der Waals surface area contributed by atoms with Gasteiger partial charge in [0.25, 0.3) is 0 Å². The third kappa shape index (κ3) is 2.89. The molecule has 2 nitrogen and oxygen atoms in total. The predicted octanol–water partition coefficient (Wildman–Crippen LogP) is 4.50. The molecule has 0 amide bonds. The zero-order chi connectivity index (χ0) is 12.4. The van der Waals surface area contributed by atoms with Gasteiger partial charge in [-0.25, -0.2) is 4.98 Å². The number of halogens is 1. The van der Waals surface area contributed by atoms with Crippen LogP contribution in [0.5, 0.6) is 0 Å². The van der Waals surface area contributed by atoms with Crippen molar-refractivity contribution in [3.8, 4) is 11.5 Å². The molecule has 0 aliphatic carbocycles. The van der Waals surface area contributed by atoms with Gasteiger partial charge in [-0.2, -0.15) is 0 Å². The summed E-state index contributed by atoms with van der Waals surface area (Å²) < 4.78 is 5.69. The van der Waals surface area contributed by atoms with E-state index in [1.54, 1.807) is 0 Å². The van der Waals surface area contributed by atoms with Crippen LogP contribution >= 0.6 is 11.6 Å². The molecule has 0 atom stereocenters. The molecule has 0 saturated heterocycles. The summed E-state index contributed by atoms with van der Waals surface area (Å²) >= 11 is 5.96. The maximum absolute atomic E-state index is 5.96. The van der Waals surface area contributed by atoms with E-state index in [1.165, 1.54) is 0 Å². The molecule has 1 heterocycles. The standard InChI is InChI=1S/C14H16ClNO/c1-9(2)7-13-10(3)17-14(16-13)11-5-4-6-12(15)8-11/h4-6,8-9H,7H2,1-3H3. The van der Waals surface area contributed by atoms with Crippen molar-refractivity contribution in [2.45, 2.75) is 27.2 Å². The molecule has 3 heteroatoms. The summed E-state index contributed by atoms with van der Waals surface area (Å²) in [6.45, 7) is 6.30. The normalized spacial score (nSPS) is 11.1. The summed E-state index contributed by atoms with van der Waals surface area (Å²) in [4.78, 5) is 4.54. The van der Waals surface area contributed by atoms with Crippen LogP contribution in [0.15, 0.2) is 28.7 Å². The van der Waals surface area contributed by atoms with Crippen LogP contribution in [0.25, 0.3) is 11.5 Å². The van der Waals surface area contributed by atoms with Crippen molar-refractivity contribution in [3.63, 3.8) is 0 Å². The van der Waals surface area contributed by atoms with E-state index in [0.29, 0.717) is 16.8 Å². The summed E-state index contributed by atoms with van der Waals surface area (Å²) in [5.74, 6) is 2.13. The highest BCUT2D eigenvalue weighted by Gasteiger charge is 2.12. The van der Waals surface area contributed by atoms with E-state index < -0.39 is 0 Å². The SMILES string of the molecule is Cc1oc(-c2cccc(Cl)c2)nc1CC(C)C. The third-order valence-electron chi connectivity index (χ3n) is 2.57. The van der Waals surface area contributed by atoms with Gasteiger partial charge in [0, 0.05) is 10.6 Å². The molecule has 2 aromatic rings. The summed E-state index contributed by atoms with van der Waals surface area (Å²) in [5.41, 5.74) is 1.96. The Balaban J connectivity index is 2.34. The average Bonchev–Trinajstić information content (AvgIpc) is 2.59. The topological polar surface area (TPSA) is 26.0 Å². The lowest BCUT2D eigenvalue weighted by molar-refractivity contribution is 0.534. The Morgan fingerprint density at radius 1 is 1.35 bits per heavy atom. The van der Waals surface area contributed by atoms with Crippen LogP contribution in [-0.2, 0) is 6.42 Å². The minimum absolute atomic E-state index is 0.575. The van der Waals surface area contributed by atoms with E-state index in [9.17, 15) is 0 Å². The largest absolute Gasteiger partial charge is 0.441 e. The lowest BCUT2D eigenvalue weighted by Crippen LogP contribution is -1.95. The Hall–Kier alpha value is -1.28. The monoisotopic (exact) mass is 249 g/mol. The maximum atomic E-state index is 5.96. The van der Waals surface area contributed by atoms with Crippen LogP contribution in [0.3, 0.4) is 0 Å². The summed E-state index contributed by atoms with van der Waals surface area (Å²) in [7, 11) is 0. The van der Waals surface area contributed by atoms with E-state index in [2.05, 4.69) is 18.8 Å². The van der Waals surface area contributed by atoms with Gasteiger partial charge in [0.1, 0.15) is 5.76 Å². The number of aromatic nitrogens is 1. The second kappa shape index (κ2) is 4.92. The first-order chi connectivity index (χ1) is 8.06. The summed E-state index contributed by atoms with van der Waals surface area (Å²) in [6, 6.07) is 7.57. The first-order valence-corrected chi connectivity index (χ1v) is 6.16. The molecular weight excluding hydrogens is 234 g/mol. The van der Waals surface area contributed by atoms with Gasteiger partial charge < -0.3 is 4.42 Å². The van der Waals surface area contributed by atoms with Gasteiger partial charge in [-0.15, -0.1) is 0 Å². The van der Waals surface area contributed by atoms with Gasteiger partial charge in [0.05, 0.1) is 5.69 Å². The van der Waals surface area contributed by atoms with E-state index in [4.69, 9.17) is 16.0 Å². The van der Waals surface area contributed by atoms with E-state index in [1.807, 2.05) is 31.2 Å². The Morgan fingerprint density at radius 2 is 2.12 bits per heavy atom. The molecule has 0 N–H and O–H groups in total. The van der Waals surface area contributed by atoms with Crippen molar-refractivity contribution < 1.29 is 4.42 Å². The number of nitrogens with zero attached hydrogens (tertiary/aromatic N) is 1. The number of hydrogen-bond acceptors (Lipinski definition) is 2. The molecule has 0 radical (unpaired) electrons. The first kappa shape index (κ1) is 12.2. The molecule has 0 unspecified atom stereocenters. The van der Waals surface area contributed by atoms with Crippen LogP contribution in [0.4, 0.5) is 0 Å². The molecule has 1 aromatic heterocycles. The van der Waals surface area contributed by atoms with Gasteiger partial charge in [-0.3, -0.25) is 0 Å². The molecule has 0 saturated carbocycles. The van der Waals surface area contributed by atoms with Crippen LogP contribution in [0.1, 0.15) is 25.3 Å². The van der Waals surface area contributed by atoms with Crippen molar-refractivity contribution in [2.24, 2.45) is 5.92 Å². The number of hydrogen-bond donors (Lipinski definition) is 0. The number of benzene rings is 1. The Kier molecular flexibility index (Phi) is 3.53. The molecule has 2 rings (SSSR count). The van der Waals surface area contributed by atoms with E-state index in [0.717, 1.165) is 23.4 Å². The highest BCUT2D eigenvalue weighted by molar-refractivity contribution is 6.30. The molecular formula is C14H16ClNO. The van der Waals surface area contributed by atoms with E-state index >= 15 is 0 Å². The van der Waals surface area contributed by atoms with Gasteiger partial charge in [0.2, 0.25) is 5.89 Å². The highest BCUT2D eigenvalue weighted by atomic mass is 35.5. The minimum Gasteiger partial charge on any atom is -0.441 e. The zero-order valence-electron chi connectivity index (χ0n) is 10.3. The molecule has 90 valence electrons. The maximum Gasteiger partial charge on any atom is 0.226 e. The third-order valence-corrected chi connectivity index (χ3v) is 2.80. The number of rotatable bonds is 3. The highest BCUT2D eigenvalue weighted by Crippen LogP contribution is 2.25. The second-order valence-corrected chi connectivity index (χ2v) is 5.07. The Morgan fingerprint density at radius 3 is 2.76 bits per heavy atom. The van der Waals surface area contributed by atoms with Gasteiger partial charge in [-0.1, -0.05) is 31.5 Å². The summed E-state index contributed by atoms with van der Waals surface area (Å²) in [6.07, 6.45) is 0.940. The lowest BCUT2D eigenvalue weighted by Gasteiger charge is -1.99. The predicted molar refractivity (Wildman–Crippen MR) is 70.2 cm³/mol. The molecule has 0 fully saturated rings. The molecule has 17 heavy (non-hydrogen) atoms. The molecule has 0 bridgehead atoms.